The Morgan fingerprint density at radius 1 is 1.60 bits per heavy atom. The van der Waals surface area contributed by atoms with Gasteiger partial charge in [0.1, 0.15) is 11.7 Å². The van der Waals surface area contributed by atoms with Gasteiger partial charge in [-0.3, -0.25) is 10.1 Å². The molecule has 1 saturated carbocycles. The van der Waals surface area contributed by atoms with Crippen LogP contribution in [0.15, 0.2) is 23.4 Å². The first-order chi connectivity index (χ1) is 9.46. The van der Waals surface area contributed by atoms with E-state index in [9.17, 15) is 14.5 Å². The molecule has 0 atom stereocenters. The first-order valence-corrected chi connectivity index (χ1v) is 5.99. The van der Waals surface area contributed by atoms with E-state index in [1.807, 2.05) is 0 Å². The van der Waals surface area contributed by atoms with Crippen molar-refractivity contribution in [3.8, 4) is 5.75 Å². The molecule has 0 aromatic heterocycles. The SMILES string of the molecule is NC(CC1(COc2cc(F)ccc2[N+](=O)[O-])CC1)=NO. The number of amidine groups is 1. The van der Waals surface area contributed by atoms with E-state index in [2.05, 4.69) is 5.16 Å². The predicted molar refractivity (Wildman–Crippen MR) is 68.2 cm³/mol. The van der Waals surface area contributed by atoms with Crippen molar-refractivity contribution in [3.05, 3.63) is 34.1 Å². The predicted octanol–water partition coefficient (Wildman–Crippen LogP) is 2.03. The van der Waals surface area contributed by atoms with E-state index in [-0.39, 0.29) is 29.3 Å². The molecule has 2 rings (SSSR count). The number of ether oxygens (including phenoxy) is 1. The molecule has 1 aliphatic carbocycles. The minimum absolute atomic E-state index is 0.0832. The van der Waals surface area contributed by atoms with Gasteiger partial charge in [-0.05, 0) is 18.9 Å². The van der Waals surface area contributed by atoms with Crippen LogP contribution in [0.2, 0.25) is 0 Å². The molecule has 0 radical (unpaired) electrons. The van der Waals surface area contributed by atoms with Gasteiger partial charge in [-0.15, -0.1) is 0 Å². The van der Waals surface area contributed by atoms with Crippen molar-refractivity contribution in [1.82, 2.24) is 0 Å². The van der Waals surface area contributed by atoms with Gasteiger partial charge < -0.3 is 15.7 Å². The van der Waals surface area contributed by atoms with E-state index < -0.39 is 10.7 Å². The molecule has 0 aliphatic heterocycles. The highest BCUT2D eigenvalue weighted by molar-refractivity contribution is 5.80. The van der Waals surface area contributed by atoms with Crippen molar-refractivity contribution < 1.29 is 19.3 Å². The van der Waals surface area contributed by atoms with E-state index in [0.717, 1.165) is 31.0 Å². The van der Waals surface area contributed by atoms with Gasteiger partial charge in [0.15, 0.2) is 5.75 Å². The first kappa shape index (κ1) is 14.0. The highest BCUT2D eigenvalue weighted by Gasteiger charge is 2.44. The number of nitrogens with zero attached hydrogens (tertiary/aromatic N) is 2. The highest BCUT2D eigenvalue weighted by Crippen LogP contribution is 2.49. The Bertz CT molecular complexity index is 558. The lowest BCUT2D eigenvalue weighted by atomic mass is 10.0. The third kappa shape index (κ3) is 3.14. The minimum Gasteiger partial charge on any atom is -0.486 e. The number of hydrogen-bond acceptors (Lipinski definition) is 5. The van der Waals surface area contributed by atoms with Crippen LogP contribution in [0.25, 0.3) is 0 Å². The summed E-state index contributed by atoms with van der Waals surface area (Å²) in [5.41, 5.74) is 4.88. The number of oxime groups is 1. The summed E-state index contributed by atoms with van der Waals surface area (Å²) in [7, 11) is 0. The fourth-order valence-electron chi connectivity index (χ4n) is 1.95. The zero-order chi connectivity index (χ0) is 14.8. The molecule has 0 bridgehead atoms. The molecule has 3 N–H and O–H groups in total. The largest absolute Gasteiger partial charge is 0.486 e. The van der Waals surface area contributed by atoms with Crippen molar-refractivity contribution in [2.75, 3.05) is 6.61 Å². The maximum Gasteiger partial charge on any atom is 0.311 e. The maximum absolute atomic E-state index is 13.1. The lowest BCUT2D eigenvalue weighted by Crippen LogP contribution is -2.22. The van der Waals surface area contributed by atoms with Gasteiger partial charge in [-0.25, -0.2) is 4.39 Å². The van der Waals surface area contributed by atoms with E-state index >= 15 is 0 Å². The fourth-order valence-corrected chi connectivity index (χ4v) is 1.95. The van der Waals surface area contributed by atoms with Crippen LogP contribution in [-0.4, -0.2) is 22.6 Å². The maximum atomic E-state index is 13.1. The minimum atomic E-state index is -0.627. The van der Waals surface area contributed by atoms with Crippen LogP contribution >= 0.6 is 0 Å². The molecule has 0 unspecified atom stereocenters. The molecule has 1 aliphatic rings. The van der Waals surface area contributed by atoms with Crippen LogP contribution in [0, 0.1) is 21.3 Å². The lowest BCUT2D eigenvalue weighted by molar-refractivity contribution is -0.386. The molecule has 7 nitrogen and oxygen atoms in total. The summed E-state index contributed by atoms with van der Waals surface area (Å²) in [5.74, 6) is -0.632. The third-order valence-corrected chi connectivity index (χ3v) is 3.29. The summed E-state index contributed by atoms with van der Waals surface area (Å²) in [6, 6.07) is 3.06. The molecule has 108 valence electrons. The van der Waals surface area contributed by atoms with Crippen molar-refractivity contribution in [2.45, 2.75) is 19.3 Å². The van der Waals surface area contributed by atoms with Crippen LogP contribution < -0.4 is 10.5 Å². The summed E-state index contributed by atoms with van der Waals surface area (Å²) in [4.78, 5) is 10.2. The molecule has 0 saturated heterocycles. The third-order valence-electron chi connectivity index (χ3n) is 3.29. The smallest absolute Gasteiger partial charge is 0.311 e. The average molecular weight is 283 g/mol. The quantitative estimate of drug-likeness (QED) is 0.273. The van der Waals surface area contributed by atoms with E-state index in [1.165, 1.54) is 0 Å². The van der Waals surface area contributed by atoms with E-state index in [0.29, 0.717) is 6.42 Å². The second-order valence-electron chi connectivity index (χ2n) is 4.93. The van der Waals surface area contributed by atoms with Crippen LogP contribution in [0.1, 0.15) is 19.3 Å². The Hall–Kier alpha value is -2.38. The number of rotatable bonds is 6. The molecule has 20 heavy (non-hydrogen) atoms. The Balaban J connectivity index is 2.08. The first-order valence-electron chi connectivity index (χ1n) is 5.99. The van der Waals surface area contributed by atoms with Crippen LogP contribution in [0.5, 0.6) is 5.75 Å². The van der Waals surface area contributed by atoms with Crippen molar-refractivity contribution >= 4 is 11.5 Å². The van der Waals surface area contributed by atoms with Crippen molar-refractivity contribution in [2.24, 2.45) is 16.3 Å². The molecule has 0 heterocycles. The molecule has 1 fully saturated rings. The van der Waals surface area contributed by atoms with Crippen molar-refractivity contribution in [1.29, 1.82) is 0 Å². The lowest BCUT2D eigenvalue weighted by Gasteiger charge is -2.15. The molecule has 1 aromatic rings. The zero-order valence-corrected chi connectivity index (χ0v) is 10.6. The number of hydrogen-bond donors (Lipinski definition) is 2. The summed E-state index contributed by atoms with van der Waals surface area (Å²) >= 11 is 0. The summed E-state index contributed by atoms with van der Waals surface area (Å²) in [6.45, 7) is 0.160. The number of benzene rings is 1. The second kappa shape index (κ2) is 5.32. The highest BCUT2D eigenvalue weighted by atomic mass is 19.1. The van der Waals surface area contributed by atoms with Crippen LogP contribution in [-0.2, 0) is 0 Å². The normalized spacial score (nSPS) is 16.8. The van der Waals surface area contributed by atoms with Gasteiger partial charge in [0, 0.05) is 24.0 Å². The van der Waals surface area contributed by atoms with Crippen LogP contribution in [0.4, 0.5) is 10.1 Å². The fraction of sp³-hybridized carbons (Fsp3) is 0.417. The van der Waals surface area contributed by atoms with Gasteiger partial charge in [-0.1, -0.05) is 5.16 Å². The van der Waals surface area contributed by atoms with Gasteiger partial charge in [0.25, 0.3) is 0 Å². The average Bonchev–Trinajstić information content (AvgIpc) is 3.16. The Labute approximate surface area is 114 Å². The van der Waals surface area contributed by atoms with E-state index in [4.69, 9.17) is 15.7 Å². The van der Waals surface area contributed by atoms with Gasteiger partial charge in [-0.2, -0.15) is 0 Å². The number of nitro groups is 1. The second-order valence-corrected chi connectivity index (χ2v) is 4.93. The van der Waals surface area contributed by atoms with Gasteiger partial charge in [0.05, 0.1) is 11.5 Å². The number of nitro benzene ring substituents is 1. The van der Waals surface area contributed by atoms with Crippen LogP contribution in [0.3, 0.4) is 0 Å². The number of halogens is 1. The molecule has 0 spiro atoms. The topological polar surface area (TPSA) is 111 Å². The number of nitrogens with two attached hydrogens (primary N) is 1. The Kier molecular flexibility index (Phi) is 3.73. The van der Waals surface area contributed by atoms with Gasteiger partial charge >= 0.3 is 5.69 Å². The van der Waals surface area contributed by atoms with Gasteiger partial charge in [0.2, 0.25) is 0 Å². The zero-order valence-electron chi connectivity index (χ0n) is 10.6. The standard InChI is InChI=1S/C12H14FN3O4/c13-8-1-2-9(16(18)19)10(5-8)20-7-12(3-4-12)6-11(14)15-17/h1-2,5,17H,3-4,6-7H2,(H2,14,15). The summed E-state index contributed by atoms with van der Waals surface area (Å²) in [5, 5.41) is 22.3. The Morgan fingerprint density at radius 3 is 2.85 bits per heavy atom. The van der Waals surface area contributed by atoms with Crippen molar-refractivity contribution in [3.63, 3.8) is 0 Å². The summed E-state index contributed by atoms with van der Waals surface area (Å²) in [6.07, 6.45) is 1.96. The molecule has 8 heteroatoms. The molecule has 1 aromatic carbocycles. The summed E-state index contributed by atoms with van der Waals surface area (Å²) < 4.78 is 18.5. The Morgan fingerprint density at radius 2 is 2.30 bits per heavy atom. The molecular formula is C12H14FN3O4. The molecule has 0 amide bonds. The molecular weight excluding hydrogens is 269 g/mol. The monoisotopic (exact) mass is 283 g/mol. The van der Waals surface area contributed by atoms with E-state index in [1.54, 1.807) is 0 Å².